The molecule has 6 heteroatoms. The van der Waals surface area contributed by atoms with Crippen molar-refractivity contribution in [2.45, 2.75) is 26.4 Å². The summed E-state index contributed by atoms with van der Waals surface area (Å²) in [5.41, 5.74) is 7.82. The Kier molecular flexibility index (Phi) is 5.57. The molecule has 0 fully saturated rings. The number of rotatable bonds is 7. The lowest BCUT2D eigenvalue weighted by atomic mass is 10.1. The Morgan fingerprint density at radius 1 is 1.19 bits per heavy atom. The van der Waals surface area contributed by atoms with Gasteiger partial charge >= 0.3 is 5.63 Å². The molecule has 0 bridgehead atoms. The van der Waals surface area contributed by atoms with Crippen LogP contribution in [0.3, 0.4) is 0 Å². The number of hydrogen-bond acceptors (Lipinski definition) is 5. The summed E-state index contributed by atoms with van der Waals surface area (Å²) in [7, 11) is 0. The highest BCUT2D eigenvalue weighted by Gasteiger charge is 2.07. The van der Waals surface area contributed by atoms with Gasteiger partial charge in [0, 0.05) is 35.7 Å². The lowest BCUT2D eigenvalue weighted by Crippen LogP contribution is -2.31. The molecule has 6 nitrogen and oxygen atoms in total. The number of amides is 1. The molecular weight excluding hydrogens is 344 g/mol. The Hall–Kier alpha value is -3.12. The molecule has 3 N–H and O–H groups in total. The quantitative estimate of drug-likeness (QED) is 0.627. The summed E-state index contributed by atoms with van der Waals surface area (Å²) >= 11 is 0. The minimum atomic E-state index is -0.433. The molecular formula is C21H22N2O4. The van der Waals surface area contributed by atoms with Gasteiger partial charge in [0.2, 0.25) is 5.91 Å². The Balaban J connectivity index is 1.55. The van der Waals surface area contributed by atoms with Crippen molar-refractivity contribution in [3.8, 4) is 5.75 Å². The molecule has 0 saturated carbocycles. The van der Waals surface area contributed by atoms with Gasteiger partial charge in [0.05, 0.1) is 0 Å². The fourth-order valence-electron chi connectivity index (χ4n) is 2.75. The molecule has 0 aliphatic carbocycles. The molecule has 1 heterocycles. The first-order valence-corrected chi connectivity index (χ1v) is 8.72. The molecule has 1 atom stereocenters. The molecule has 1 amide bonds. The molecule has 3 rings (SSSR count). The number of hydrogen-bond donors (Lipinski definition) is 2. The molecule has 0 saturated heterocycles. The van der Waals surface area contributed by atoms with E-state index in [1.165, 1.54) is 6.07 Å². The first-order chi connectivity index (χ1) is 12.9. The molecule has 1 aromatic heterocycles. The minimum Gasteiger partial charge on any atom is -0.492 e. The molecule has 0 aliphatic heterocycles. The lowest BCUT2D eigenvalue weighted by molar-refractivity contribution is 0.100. The Morgan fingerprint density at radius 2 is 1.93 bits per heavy atom. The first-order valence-electron chi connectivity index (χ1n) is 8.72. The van der Waals surface area contributed by atoms with Gasteiger partial charge in [0.25, 0.3) is 0 Å². The number of benzene rings is 2. The fourth-order valence-corrected chi connectivity index (χ4v) is 2.75. The molecule has 2 aromatic carbocycles. The van der Waals surface area contributed by atoms with Gasteiger partial charge in [-0.1, -0.05) is 12.1 Å². The van der Waals surface area contributed by atoms with Crippen LogP contribution in [0.2, 0.25) is 0 Å². The minimum absolute atomic E-state index is 0.0982. The molecule has 1 unspecified atom stereocenters. The van der Waals surface area contributed by atoms with Gasteiger partial charge in [-0.25, -0.2) is 4.79 Å². The summed E-state index contributed by atoms with van der Waals surface area (Å²) < 4.78 is 11.0. The molecule has 140 valence electrons. The fraction of sp³-hybridized carbons (Fsp3) is 0.238. The van der Waals surface area contributed by atoms with E-state index < -0.39 is 5.91 Å². The van der Waals surface area contributed by atoms with Crippen molar-refractivity contribution in [1.29, 1.82) is 0 Å². The van der Waals surface area contributed by atoms with E-state index in [1.54, 1.807) is 18.2 Å². The van der Waals surface area contributed by atoms with Gasteiger partial charge in [0.15, 0.2) is 0 Å². The average Bonchev–Trinajstić information content (AvgIpc) is 2.64. The average molecular weight is 366 g/mol. The number of carbonyl (C=O) groups excluding carboxylic acids is 1. The lowest BCUT2D eigenvalue weighted by Gasteiger charge is -2.15. The van der Waals surface area contributed by atoms with E-state index in [4.69, 9.17) is 14.9 Å². The standard InChI is InChI=1S/C21H22N2O4/c1-13-9-20(24)27-19-10-17(7-8-18(13)19)26-12-14(2)23-11-15-3-5-16(6-4-15)21(22)25/h3-10,14,23H,11-12H2,1-2H3,(H2,22,25). The van der Waals surface area contributed by atoms with Crippen LogP contribution in [-0.2, 0) is 6.54 Å². The number of fused-ring (bicyclic) bond motifs is 1. The zero-order valence-electron chi connectivity index (χ0n) is 15.3. The van der Waals surface area contributed by atoms with Crippen LogP contribution in [-0.4, -0.2) is 18.6 Å². The normalized spacial score (nSPS) is 12.1. The maximum absolute atomic E-state index is 11.5. The first kappa shape index (κ1) is 18.7. The van der Waals surface area contributed by atoms with Gasteiger partial charge < -0.3 is 20.2 Å². The van der Waals surface area contributed by atoms with Gasteiger partial charge in [-0.3, -0.25) is 4.79 Å². The van der Waals surface area contributed by atoms with E-state index in [0.717, 1.165) is 16.5 Å². The summed E-state index contributed by atoms with van der Waals surface area (Å²) in [6, 6.07) is 14.2. The topological polar surface area (TPSA) is 94.6 Å². The predicted molar refractivity (Wildman–Crippen MR) is 104 cm³/mol. The Labute approximate surface area is 156 Å². The van der Waals surface area contributed by atoms with Crippen LogP contribution < -0.4 is 21.4 Å². The Morgan fingerprint density at radius 3 is 2.63 bits per heavy atom. The van der Waals surface area contributed by atoms with E-state index in [-0.39, 0.29) is 11.7 Å². The maximum atomic E-state index is 11.5. The van der Waals surface area contributed by atoms with E-state index in [9.17, 15) is 9.59 Å². The van der Waals surface area contributed by atoms with Gasteiger partial charge in [0.1, 0.15) is 17.9 Å². The summed E-state index contributed by atoms with van der Waals surface area (Å²) in [5.74, 6) is 0.216. The maximum Gasteiger partial charge on any atom is 0.336 e. The number of nitrogens with one attached hydrogen (secondary N) is 1. The second-order valence-electron chi connectivity index (χ2n) is 6.56. The number of ether oxygens (including phenoxy) is 1. The smallest absolute Gasteiger partial charge is 0.336 e. The molecule has 3 aromatic rings. The van der Waals surface area contributed by atoms with Gasteiger partial charge in [-0.05, 0) is 49.2 Å². The number of nitrogens with two attached hydrogens (primary N) is 1. The third-order valence-electron chi connectivity index (χ3n) is 4.32. The Bertz CT molecular complexity index is 1010. The van der Waals surface area contributed by atoms with Crippen LogP contribution >= 0.6 is 0 Å². The van der Waals surface area contributed by atoms with Crippen LogP contribution in [0.15, 0.2) is 57.7 Å². The highest BCUT2D eigenvalue weighted by molar-refractivity contribution is 5.92. The number of primary amides is 1. The monoisotopic (exact) mass is 366 g/mol. The van der Waals surface area contributed by atoms with E-state index in [0.29, 0.717) is 30.0 Å². The van der Waals surface area contributed by atoms with Crippen LogP contribution in [0, 0.1) is 6.92 Å². The van der Waals surface area contributed by atoms with Crippen LogP contribution in [0.4, 0.5) is 0 Å². The number of aryl methyl sites for hydroxylation is 1. The van der Waals surface area contributed by atoms with Crippen LogP contribution in [0.1, 0.15) is 28.4 Å². The second-order valence-corrected chi connectivity index (χ2v) is 6.56. The van der Waals surface area contributed by atoms with Crippen molar-refractivity contribution in [2.24, 2.45) is 5.73 Å². The summed E-state index contributed by atoms with van der Waals surface area (Å²) in [4.78, 5) is 22.6. The third-order valence-corrected chi connectivity index (χ3v) is 4.32. The van der Waals surface area contributed by atoms with E-state index in [2.05, 4.69) is 5.32 Å². The van der Waals surface area contributed by atoms with Crippen molar-refractivity contribution in [3.63, 3.8) is 0 Å². The molecule has 0 aliphatic rings. The zero-order valence-corrected chi connectivity index (χ0v) is 15.3. The van der Waals surface area contributed by atoms with E-state index in [1.807, 2.05) is 38.1 Å². The van der Waals surface area contributed by atoms with Crippen LogP contribution in [0.5, 0.6) is 5.75 Å². The van der Waals surface area contributed by atoms with Crippen molar-refractivity contribution in [2.75, 3.05) is 6.61 Å². The number of carbonyl (C=O) groups is 1. The SMILES string of the molecule is Cc1cc(=O)oc2cc(OCC(C)NCc3ccc(C(N)=O)cc3)ccc12. The zero-order chi connectivity index (χ0) is 19.4. The highest BCUT2D eigenvalue weighted by Crippen LogP contribution is 2.22. The largest absolute Gasteiger partial charge is 0.492 e. The van der Waals surface area contributed by atoms with E-state index >= 15 is 0 Å². The summed E-state index contributed by atoms with van der Waals surface area (Å²) in [6.45, 7) is 5.00. The molecule has 27 heavy (non-hydrogen) atoms. The van der Waals surface area contributed by atoms with Crippen molar-refractivity contribution in [3.05, 3.63) is 75.6 Å². The molecule has 0 radical (unpaired) electrons. The second kappa shape index (κ2) is 8.05. The highest BCUT2D eigenvalue weighted by atomic mass is 16.5. The van der Waals surface area contributed by atoms with Gasteiger partial charge in [-0.2, -0.15) is 0 Å². The third kappa shape index (κ3) is 4.74. The summed E-state index contributed by atoms with van der Waals surface area (Å²) in [6.07, 6.45) is 0. The van der Waals surface area contributed by atoms with Crippen molar-refractivity contribution >= 4 is 16.9 Å². The van der Waals surface area contributed by atoms with Crippen LogP contribution in [0.25, 0.3) is 11.0 Å². The summed E-state index contributed by atoms with van der Waals surface area (Å²) in [5, 5.41) is 4.25. The van der Waals surface area contributed by atoms with Crippen molar-refractivity contribution in [1.82, 2.24) is 5.32 Å². The van der Waals surface area contributed by atoms with Gasteiger partial charge in [-0.15, -0.1) is 0 Å². The molecule has 0 spiro atoms. The predicted octanol–water partition coefficient (Wildman–Crippen LogP) is 2.76. The van der Waals surface area contributed by atoms with Crippen molar-refractivity contribution < 1.29 is 13.9 Å².